The van der Waals surface area contributed by atoms with E-state index >= 15 is 0 Å². The van der Waals surface area contributed by atoms with Gasteiger partial charge in [0.15, 0.2) is 0 Å². The highest BCUT2D eigenvalue weighted by molar-refractivity contribution is 6.35. The first kappa shape index (κ1) is 11.3. The number of nitrogens with one attached hydrogen (secondary N) is 1. The summed E-state index contributed by atoms with van der Waals surface area (Å²) in [6.07, 6.45) is 3.57. The van der Waals surface area contributed by atoms with Gasteiger partial charge in [-0.1, -0.05) is 29.3 Å². The molecule has 0 saturated carbocycles. The molecule has 1 heterocycles. The summed E-state index contributed by atoms with van der Waals surface area (Å²) in [5, 5.41) is 4.89. The first-order valence-electron chi connectivity index (χ1n) is 5.40. The zero-order chi connectivity index (χ0) is 10.7. The van der Waals surface area contributed by atoms with Crippen LogP contribution in [0.25, 0.3) is 0 Å². The molecule has 0 radical (unpaired) electrons. The van der Waals surface area contributed by atoms with Crippen molar-refractivity contribution in [1.82, 2.24) is 5.32 Å². The largest absolute Gasteiger partial charge is 0.316 e. The van der Waals surface area contributed by atoms with Crippen LogP contribution in [0.15, 0.2) is 18.2 Å². The van der Waals surface area contributed by atoms with Gasteiger partial charge >= 0.3 is 0 Å². The minimum absolute atomic E-state index is 0.714. The molecule has 0 aromatic heterocycles. The fourth-order valence-electron chi connectivity index (χ4n) is 2.04. The molecule has 1 atom stereocenters. The molecule has 0 aliphatic carbocycles. The van der Waals surface area contributed by atoms with Gasteiger partial charge in [0.2, 0.25) is 0 Å². The van der Waals surface area contributed by atoms with Crippen molar-refractivity contribution in [2.75, 3.05) is 13.1 Å². The second kappa shape index (κ2) is 5.20. The van der Waals surface area contributed by atoms with Gasteiger partial charge in [0.05, 0.1) is 0 Å². The van der Waals surface area contributed by atoms with Crippen molar-refractivity contribution in [3.63, 3.8) is 0 Å². The Morgan fingerprint density at radius 3 is 2.87 bits per heavy atom. The fourth-order valence-corrected chi connectivity index (χ4v) is 2.55. The van der Waals surface area contributed by atoms with Crippen molar-refractivity contribution in [1.29, 1.82) is 0 Å². The third-order valence-electron chi connectivity index (χ3n) is 3.00. The van der Waals surface area contributed by atoms with E-state index in [-0.39, 0.29) is 0 Å². The van der Waals surface area contributed by atoms with Crippen LogP contribution in [0.1, 0.15) is 18.4 Å². The van der Waals surface area contributed by atoms with Crippen molar-refractivity contribution < 1.29 is 0 Å². The van der Waals surface area contributed by atoms with Gasteiger partial charge in [-0.2, -0.15) is 0 Å². The summed E-state index contributed by atoms with van der Waals surface area (Å²) in [4.78, 5) is 0. The maximum Gasteiger partial charge on any atom is 0.0452 e. The van der Waals surface area contributed by atoms with E-state index in [1.54, 1.807) is 0 Å². The first-order chi connectivity index (χ1) is 7.25. The molecule has 1 aliphatic rings. The van der Waals surface area contributed by atoms with Crippen LogP contribution in [0.3, 0.4) is 0 Å². The average Bonchev–Trinajstić information content (AvgIpc) is 2.69. The second-order valence-corrected chi connectivity index (χ2v) is 4.98. The van der Waals surface area contributed by atoms with E-state index in [2.05, 4.69) is 5.32 Å². The summed E-state index contributed by atoms with van der Waals surface area (Å²) in [6.45, 7) is 2.32. The number of hydrogen-bond acceptors (Lipinski definition) is 1. The Balaban J connectivity index is 1.92. The van der Waals surface area contributed by atoms with E-state index in [1.165, 1.54) is 24.9 Å². The molecule has 1 nitrogen and oxygen atoms in total. The molecular weight excluding hydrogens is 229 g/mol. The van der Waals surface area contributed by atoms with E-state index in [4.69, 9.17) is 23.2 Å². The quantitative estimate of drug-likeness (QED) is 0.857. The highest BCUT2D eigenvalue weighted by atomic mass is 35.5. The monoisotopic (exact) mass is 243 g/mol. The van der Waals surface area contributed by atoms with Crippen LogP contribution >= 0.6 is 23.2 Å². The Bertz CT molecular complexity index is 332. The number of benzene rings is 1. The topological polar surface area (TPSA) is 12.0 Å². The highest BCUT2D eigenvalue weighted by Gasteiger charge is 2.14. The Kier molecular flexibility index (Phi) is 3.90. The van der Waals surface area contributed by atoms with Crippen LogP contribution < -0.4 is 5.32 Å². The van der Waals surface area contributed by atoms with Crippen molar-refractivity contribution in [2.45, 2.75) is 19.3 Å². The lowest BCUT2D eigenvalue weighted by Gasteiger charge is -2.09. The average molecular weight is 244 g/mol. The number of rotatable bonds is 3. The second-order valence-electron chi connectivity index (χ2n) is 4.13. The third kappa shape index (κ3) is 3.10. The SMILES string of the molecule is Clc1ccc(CCC2CCNC2)c(Cl)c1. The maximum absolute atomic E-state index is 6.11. The minimum Gasteiger partial charge on any atom is -0.316 e. The van der Waals surface area contributed by atoms with Gasteiger partial charge in [0.1, 0.15) is 0 Å². The Labute approximate surface area is 101 Å². The minimum atomic E-state index is 0.714. The molecule has 1 unspecified atom stereocenters. The smallest absolute Gasteiger partial charge is 0.0452 e. The van der Waals surface area contributed by atoms with Crippen molar-refractivity contribution in [2.24, 2.45) is 5.92 Å². The van der Waals surface area contributed by atoms with Crippen LogP contribution in [-0.4, -0.2) is 13.1 Å². The molecule has 82 valence electrons. The van der Waals surface area contributed by atoms with Gasteiger partial charge in [-0.3, -0.25) is 0 Å². The van der Waals surface area contributed by atoms with Gasteiger partial charge in [-0.25, -0.2) is 0 Å². The van der Waals surface area contributed by atoms with Crippen molar-refractivity contribution in [3.05, 3.63) is 33.8 Å². The summed E-state index contributed by atoms with van der Waals surface area (Å²) in [5.41, 5.74) is 1.22. The van der Waals surface area contributed by atoms with E-state index in [0.29, 0.717) is 5.02 Å². The van der Waals surface area contributed by atoms with E-state index in [9.17, 15) is 0 Å². The predicted octanol–water partition coefficient (Wildman–Crippen LogP) is 3.54. The zero-order valence-corrected chi connectivity index (χ0v) is 10.1. The van der Waals surface area contributed by atoms with Crippen LogP contribution in [0.5, 0.6) is 0 Å². The highest BCUT2D eigenvalue weighted by Crippen LogP contribution is 2.24. The Morgan fingerprint density at radius 1 is 1.33 bits per heavy atom. The van der Waals surface area contributed by atoms with Crippen LogP contribution in [0.2, 0.25) is 10.0 Å². The third-order valence-corrected chi connectivity index (χ3v) is 3.59. The molecule has 1 aromatic rings. The zero-order valence-electron chi connectivity index (χ0n) is 8.60. The van der Waals surface area contributed by atoms with E-state index in [0.717, 1.165) is 23.9 Å². The molecule has 1 aliphatic heterocycles. The number of halogens is 2. The molecule has 1 aromatic carbocycles. The lowest BCUT2D eigenvalue weighted by Crippen LogP contribution is -2.09. The summed E-state index contributed by atoms with van der Waals surface area (Å²) in [7, 11) is 0. The molecule has 2 rings (SSSR count). The van der Waals surface area contributed by atoms with E-state index < -0.39 is 0 Å². The Hall–Kier alpha value is -0.240. The molecule has 1 saturated heterocycles. The van der Waals surface area contributed by atoms with Gasteiger partial charge < -0.3 is 5.32 Å². The number of aryl methyl sites for hydroxylation is 1. The lowest BCUT2D eigenvalue weighted by atomic mass is 9.99. The van der Waals surface area contributed by atoms with Gasteiger partial charge in [-0.15, -0.1) is 0 Å². The molecule has 3 heteroatoms. The first-order valence-corrected chi connectivity index (χ1v) is 6.16. The molecule has 0 spiro atoms. The summed E-state index contributed by atoms with van der Waals surface area (Å²) < 4.78 is 0. The Morgan fingerprint density at radius 2 is 2.20 bits per heavy atom. The summed E-state index contributed by atoms with van der Waals surface area (Å²) in [5.74, 6) is 0.816. The molecule has 0 amide bonds. The summed E-state index contributed by atoms with van der Waals surface area (Å²) in [6, 6.07) is 5.77. The number of hydrogen-bond donors (Lipinski definition) is 1. The molecule has 1 N–H and O–H groups in total. The van der Waals surface area contributed by atoms with Crippen molar-refractivity contribution >= 4 is 23.2 Å². The fraction of sp³-hybridized carbons (Fsp3) is 0.500. The van der Waals surface area contributed by atoms with Gasteiger partial charge in [-0.05, 0) is 56.0 Å². The van der Waals surface area contributed by atoms with Crippen LogP contribution in [0.4, 0.5) is 0 Å². The van der Waals surface area contributed by atoms with Crippen LogP contribution in [-0.2, 0) is 6.42 Å². The normalized spacial score (nSPS) is 20.8. The standard InChI is InChI=1S/C12H15Cl2N/c13-11-4-3-10(12(14)7-11)2-1-9-5-6-15-8-9/h3-4,7,9,15H,1-2,5-6,8H2. The molecule has 0 bridgehead atoms. The summed E-state index contributed by atoms with van der Waals surface area (Å²) >= 11 is 12.0. The predicted molar refractivity (Wildman–Crippen MR) is 65.8 cm³/mol. The van der Waals surface area contributed by atoms with Crippen molar-refractivity contribution in [3.8, 4) is 0 Å². The van der Waals surface area contributed by atoms with Crippen LogP contribution in [0, 0.1) is 5.92 Å². The molecule has 1 fully saturated rings. The lowest BCUT2D eigenvalue weighted by molar-refractivity contribution is 0.533. The van der Waals surface area contributed by atoms with Gasteiger partial charge in [0.25, 0.3) is 0 Å². The maximum atomic E-state index is 6.11. The van der Waals surface area contributed by atoms with E-state index in [1.807, 2.05) is 18.2 Å². The molecule has 15 heavy (non-hydrogen) atoms. The molecular formula is C12H15Cl2N. The van der Waals surface area contributed by atoms with Gasteiger partial charge in [0, 0.05) is 10.0 Å².